The molecule has 0 aliphatic carbocycles. The van der Waals surface area contributed by atoms with Gasteiger partial charge in [0, 0.05) is 51.0 Å². The van der Waals surface area contributed by atoms with Gasteiger partial charge in [-0.2, -0.15) is 0 Å². The molecule has 4 atom stereocenters. The number of pyridine rings is 4. The van der Waals surface area contributed by atoms with E-state index >= 15 is 0 Å². The van der Waals surface area contributed by atoms with Gasteiger partial charge >= 0.3 is 0 Å². The topological polar surface area (TPSA) is 279 Å². The van der Waals surface area contributed by atoms with E-state index in [-0.39, 0.29) is 46.3 Å². The number of fused-ring (bicyclic) bond motifs is 8. The summed E-state index contributed by atoms with van der Waals surface area (Å²) in [6, 6.07) is 19.7. The first-order chi connectivity index (χ1) is 36.1. The lowest BCUT2D eigenvalue weighted by Gasteiger charge is -2.23. The third-order valence-corrected chi connectivity index (χ3v) is 12.0. The van der Waals surface area contributed by atoms with Crippen LogP contribution in [-0.2, 0) is 26.2 Å². The first-order valence-corrected chi connectivity index (χ1v) is 24.2. The van der Waals surface area contributed by atoms with Crippen LogP contribution in [0, 0.1) is 0 Å². The van der Waals surface area contributed by atoms with Gasteiger partial charge in [0.2, 0.25) is 23.6 Å². The van der Waals surface area contributed by atoms with Gasteiger partial charge in [-0.3, -0.25) is 48.9 Å². The van der Waals surface area contributed by atoms with E-state index in [2.05, 4.69) is 70.9 Å². The SMILES string of the molecule is C[C@@H]1NC(=O)c2coc(n2)[C@H](CCCN(Cc2ccccn2)Cc2ccccn2)NC(=O)c2coc(n2)[C@H](C)NC(=O)c2coc(n2)[C@H](CCCN(Cc2ccccn2)Cc2ccccn2)NC(=O)c2coc1n2. The summed E-state index contributed by atoms with van der Waals surface area (Å²) in [4.78, 5) is 95.5. The van der Waals surface area contributed by atoms with E-state index in [0.717, 1.165) is 22.8 Å². The van der Waals surface area contributed by atoms with E-state index in [1.54, 1.807) is 38.6 Å². The minimum atomic E-state index is -0.828. The number of carbonyl (C=O) groups excluding carboxylic acids is 4. The van der Waals surface area contributed by atoms with Crippen LogP contribution in [-0.4, -0.2) is 86.4 Å². The quantitative estimate of drug-likeness (QED) is 0.0812. The molecule has 380 valence electrons. The number of oxazole rings is 4. The Hall–Kier alpha value is -8.76. The fourth-order valence-electron chi connectivity index (χ4n) is 8.28. The molecule has 0 saturated heterocycles. The van der Waals surface area contributed by atoms with Crippen LogP contribution in [0.3, 0.4) is 0 Å². The molecule has 0 fully saturated rings. The first-order valence-electron chi connectivity index (χ1n) is 24.2. The van der Waals surface area contributed by atoms with Crippen molar-refractivity contribution in [3.8, 4) is 0 Å². The second kappa shape index (κ2) is 24.1. The minimum absolute atomic E-state index is 0.0418. The highest BCUT2D eigenvalue weighted by Gasteiger charge is 2.29. The molecule has 22 nitrogen and oxygen atoms in total. The Kier molecular flexibility index (Phi) is 16.3. The summed E-state index contributed by atoms with van der Waals surface area (Å²) in [5.74, 6) is -2.24. The maximum absolute atomic E-state index is 13.9. The molecule has 74 heavy (non-hydrogen) atoms. The molecule has 8 aromatic rings. The van der Waals surface area contributed by atoms with Crippen LogP contribution in [0.15, 0.2) is 140 Å². The van der Waals surface area contributed by atoms with Gasteiger partial charge in [0.05, 0.1) is 22.8 Å². The minimum Gasteiger partial charge on any atom is -0.446 e. The summed E-state index contributed by atoms with van der Waals surface area (Å²) < 4.78 is 23.2. The van der Waals surface area contributed by atoms with Gasteiger partial charge in [-0.1, -0.05) is 24.3 Å². The van der Waals surface area contributed by atoms with Crippen LogP contribution in [0.25, 0.3) is 0 Å². The summed E-state index contributed by atoms with van der Waals surface area (Å²) in [5, 5.41) is 11.5. The molecule has 1 aliphatic heterocycles. The summed E-state index contributed by atoms with van der Waals surface area (Å²) in [6.07, 6.45) is 13.5. The molecular weight excluding hydrogens is 949 g/mol. The van der Waals surface area contributed by atoms with Crippen molar-refractivity contribution in [2.45, 2.75) is 89.9 Å². The molecule has 0 spiro atoms. The highest BCUT2D eigenvalue weighted by Crippen LogP contribution is 2.25. The zero-order valence-electron chi connectivity index (χ0n) is 40.7. The molecule has 8 aromatic heterocycles. The van der Waals surface area contributed by atoms with Crippen LogP contribution in [0.2, 0.25) is 0 Å². The Morgan fingerprint density at radius 3 is 1.03 bits per heavy atom. The van der Waals surface area contributed by atoms with Crippen molar-refractivity contribution in [2.24, 2.45) is 0 Å². The third kappa shape index (κ3) is 13.4. The molecule has 4 N–H and O–H groups in total. The maximum Gasteiger partial charge on any atom is 0.273 e. The van der Waals surface area contributed by atoms with E-state index in [1.165, 1.54) is 25.1 Å². The Bertz CT molecular complexity index is 2800. The van der Waals surface area contributed by atoms with Crippen LogP contribution < -0.4 is 21.3 Å². The lowest BCUT2D eigenvalue weighted by Crippen LogP contribution is -2.32. The van der Waals surface area contributed by atoms with E-state index in [0.29, 0.717) is 65.0 Å². The number of aromatic nitrogens is 8. The van der Waals surface area contributed by atoms with Crippen LogP contribution in [0.1, 0.15) is 152 Å². The molecule has 1 aliphatic rings. The van der Waals surface area contributed by atoms with E-state index in [9.17, 15) is 19.2 Å². The lowest BCUT2D eigenvalue weighted by atomic mass is 10.1. The Balaban J connectivity index is 0.937. The van der Waals surface area contributed by atoms with E-state index in [4.69, 9.17) is 17.7 Å². The Labute approximate surface area is 424 Å². The highest BCUT2D eigenvalue weighted by atomic mass is 16.4. The summed E-state index contributed by atoms with van der Waals surface area (Å²) in [6.45, 7) is 6.59. The summed E-state index contributed by atoms with van der Waals surface area (Å²) in [7, 11) is 0. The molecule has 4 amide bonds. The van der Waals surface area contributed by atoms with Gasteiger partial charge in [0.1, 0.15) is 49.2 Å². The zero-order valence-corrected chi connectivity index (χ0v) is 40.7. The summed E-state index contributed by atoms with van der Waals surface area (Å²) >= 11 is 0. The van der Waals surface area contributed by atoms with Crippen LogP contribution in [0.4, 0.5) is 0 Å². The van der Waals surface area contributed by atoms with Gasteiger partial charge in [0.15, 0.2) is 22.8 Å². The standard InChI is InChI=1S/C52H54N14O8/c1-33-49-61-43(29-71-49)47(69)59-40(18-12-24-66(27-37-15-5-9-21-55-37)28-38-16-6-10-22-56-38)52-64-42(32-74-52)46(68)58-34(2)50-62-44(30-72-50)48(70)60-39(51-63-41(31-73-51)45(67)57-33)17-11-23-65(25-35-13-3-7-19-53-35)26-36-14-4-8-20-54-36/h3-10,13-16,19-22,29-34,39-40H,11-12,17-18,23-28H2,1-2H3,(H,57,67)(H,58,68)(H,59,69)(H,60,70)/t33-,34-,39-,40-/m0/s1. The van der Waals surface area contributed by atoms with E-state index < -0.39 is 47.8 Å². The van der Waals surface area contributed by atoms with Gasteiger partial charge < -0.3 is 38.9 Å². The Morgan fingerprint density at radius 1 is 0.419 bits per heavy atom. The van der Waals surface area contributed by atoms with E-state index in [1.807, 2.05) is 72.8 Å². The number of nitrogens with one attached hydrogen (secondary N) is 4. The number of rotatable bonds is 16. The number of nitrogens with zero attached hydrogens (tertiary/aromatic N) is 10. The molecule has 9 rings (SSSR count). The van der Waals surface area contributed by atoms with Crippen molar-refractivity contribution in [1.29, 1.82) is 0 Å². The number of hydrogen-bond donors (Lipinski definition) is 4. The van der Waals surface area contributed by atoms with Crippen LogP contribution in [0.5, 0.6) is 0 Å². The second-order valence-corrected chi connectivity index (χ2v) is 17.7. The average Bonchev–Trinajstić information content (AvgIpc) is 4.27. The number of carbonyl (C=O) groups is 4. The third-order valence-electron chi connectivity index (χ3n) is 12.0. The van der Waals surface area contributed by atoms with Gasteiger partial charge in [0.25, 0.3) is 23.6 Å². The zero-order chi connectivity index (χ0) is 51.2. The fraction of sp³-hybridized carbons (Fsp3) is 0.308. The molecule has 0 aromatic carbocycles. The van der Waals surface area contributed by atoms with Crippen molar-refractivity contribution in [3.05, 3.63) is 192 Å². The van der Waals surface area contributed by atoms with Crippen molar-refractivity contribution >= 4 is 23.6 Å². The second-order valence-electron chi connectivity index (χ2n) is 17.7. The molecule has 9 heterocycles. The normalized spacial score (nSPS) is 17.6. The van der Waals surface area contributed by atoms with Gasteiger partial charge in [-0.05, 0) is 101 Å². The van der Waals surface area contributed by atoms with Gasteiger partial charge in [-0.25, -0.2) is 19.9 Å². The average molecular weight is 1000 g/mol. The van der Waals surface area contributed by atoms with Crippen molar-refractivity contribution in [3.63, 3.8) is 0 Å². The lowest BCUT2D eigenvalue weighted by molar-refractivity contribution is 0.0912. The van der Waals surface area contributed by atoms with Crippen molar-refractivity contribution < 1.29 is 36.8 Å². The largest absolute Gasteiger partial charge is 0.446 e. The van der Waals surface area contributed by atoms with Crippen molar-refractivity contribution in [2.75, 3.05) is 13.1 Å². The number of hydrogen-bond acceptors (Lipinski definition) is 18. The molecule has 0 saturated carbocycles. The molecule has 8 bridgehead atoms. The first kappa shape index (κ1) is 50.2. The predicted molar refractivity (Wildman–Crippen MR) is 262 cm³/mol. The smallest absolute Gasteiger partial charge is 0.273 e. The van der Waals surface area contributed by atoms with Gasteiger partial charge in [-0.15, -0.1) is 0 Å². The monoisotopic (exact) mass is 1000 g/mol. The molecular formula is C52H54N14O8. The molecule has 0 unspecified atom stereocenters. The summed E-state index contributed by atoms with van der Waals surface area (Å²) in [5.41, 5.74) is 3.23. The number of amides is 4. The Morgan fingerprint density at radius 2 is 0.716 bits per heavy atom. The predicted octanol–water partition coefficient (Wildman–Crippen LogP) is 6.42. The molecule has 0 radical (unpaired) electrons. The van der Waals surface area contributed by atoms with Crippen LogP contribution >= 0.6 is 0 Å². The highest BCUT2D eigenvalue weighted by molar-refractivity contribution is 5.94. The maximum atomic E-state index is 13.9. The molecule has 22 heteroatoms. The van der Waals surface area contributed by atoms with Crippen molar-refractivity contribution in [1.82, 2.24) is 70.9 Å². The fourth-order valence-corrected chi connectivity index (χ4v) is 8.28.